The molecule has 3 aromatic rings. The van der Waals surface area contributed by atoms with E-state index in [1.54, 1.807) is 38.2 Å². The van der Waals surface area contributed by atoms with Crippen LogP contribution in [0.15, 0.2) is 53.8 Å². The van der Waals surface area contributed by atoms with E-state index >= 15 is 0 Å². The molecule has 3 rings (SSSR count). The van der Waals surface area contributed by atoms with Crippen molar-refractivity contribution in [2.75, 3.05) is 0 Å². The first-order chi connectivity index (χ1) is 11.4. The van der Waals surface area contributed by atoms with Crippen LogP contribution in [0.2, 0.25) is 0 Å². The van der Waals surface area contributed by atoms with E-state index in [0.717, 1.165) is 15.8 Å². The monoisotopic (exact) mass is 342 g/mol. The van der Waals surface area contributed by atoms with Crippen molar-refractivity contribution in [3.05, 3.63) is 54.7 Å². The summed E-state index contributed by atoms with van der Waals surface area (Å²) >= 11 is 1.25. The second-order valence-corrected chi connectivity index (χ2v) is 7.48. The van der Waals surface area contributed by atoms with Gasteiger partial charge in [0.1, 0.15) is 10.6 Å². The number of nitrogens with zero attached hydrogens (tertiary/aromatic N) is 2. The molecule has 1 N–H and O–H groups in total. The molecule has 0 spiro atoms. The van der Waals surface area contributed by atoms with E-state index in [2.05, 4.69) is 9.97 Å². The lowest BCUT2D eigenvalue weighted by atomic mass is 10.0. The third-order valence-corrected chi connectivity index (χ3v) is 4.93. The molecular weight excluding hydrogens is 327 g/mol. The summed E-state index contributed by atoms with van der Waals surface area (Å²) in [5, 5.41) is 10.1. The first kappa shape index (κ1) is 16.4. The molecule has 0 radical (unpaired) electrons. The van der Waals surface area contributed by atoms with Crippen LogP contribution in [0, 0.1) is 5.82 Å². The highest BCUT2D eigenvalue weighted by Gasteiger charge is 2.29. The predicted octanol–water partition coefficient (Wildman–Crippen LogP) is 4.39. The number of aromatic nitrogens is 2. The van der Waals surface area contributed by atoms with E-state index < -0.39 is 16.5 Å². The van der Waals surface area contributed by atoms with Gasteiger partial charge in [-0.25, -0.2) is 4.39 Å². The summed E-state index contributed by atoms with van der Waals surface area (Å²) in [6.45, 7) is 3.30. The number of carbonyl (C=O) groups is 1. The van der Waals surface area contributed by atoms with Crippen LogP contribution >= 0.6 is 11.8 Å². The number of carboxylic acid groups (broad SMARTS) is 1. The summed E-state index contributed by atoms with van der Waals surface area (Å²) in [4.78, 5) is 20.3. The van der Waals surface area contributed by atoms with Gasteiger partial charge in [0.05, 0.1) is 11.7 Å². The zero-order valence-electron chi connectivity index (χ0n) is 13.2. The van der Waals surface area contributed by atoms with Crippen molar-refractivity contribution in [1.82, 2.24) is 9.97 Å². The molecule has 24 heavy (non-hydrogen) atoms. The fourth-order valence-electron chi connectivity index (χ4n) is 2.31. The number of hydrogen-bond acceptors (Lipinski definition) is 4. The van der Waals surface area contributed by atoms with Crippen molar-refractivity contribution in [2.24, 2.45) is 0 Å². The van der Waals surface area contributed by atoms with Crippen LogP contribution in [0.3, 0.4) is 0 Å². The molecule has 0 bridgehead atoms. The summed E-state index contributed by atoms with van der Waals surface area (Å²) in [6, 6.07) is 8.83. The molecule has 0 unspecified atom stereocenters. The number of rotatable bonds is 4. The maximum absolute atomic E-state index is 14.0. The number of fused-ring (bicyclic) bond motifs is 1. The van der Waals surface area contributed by atoms with Crippen molar-refractivity contribution in [3.8, 4) is 11.1 Å². The van der Waals surface area contributed by atoms with E-state index in [1.807, 2.05) is 12.1 Å². The number of halogens is 1. The Morgan fingerprint density at radius 2 is 2.00 bits per heavy atom. The Morgan fingerprint density at radius 1 is 1.21 bits per heavy atom. The lowest BCUT2D eigenvalue weighted by molar-refractivity contribution is -0.138. The summed E-state index contributed by atoms with van der Waals surface area (Å²) in [7, 11) is 0. The fourth-order valence-corrected chi connectivity index (χ4v) is 3.34. The van der Waals surface area contributed by atoms with Crippen molar-refractivity contribution < 1.29 is 14.3 Å². The second-order valence-electron chi connectivity index (χ2n) is 5.81. The molecule has 4 nitrogen and oxygen atoms in total. The minimum Gasteiger partial charge on any atom is -0.480 e. The standard InChI is InChI=1S/C18H15FN2O2S/c1-18(2,17(22)23)24-16-6-8-21-15-4-3-11(9-13(15)16)12-5-7-20-10-14(12)19/h3-10H,1-2H3,(H,22,23). The fraction of sp³-hybridized carbons (Fsp3) is 0.167. The average molecular weight is 342 g/mol. The smallest absolute Gasteiger partial charge is 0.319 e. The maximum Gasteiger partial charge on any atom is 0.319 e. The van der Waals surface area contributed by atoms with Crippen molar-refractivity contribution in [2.45, 2.75) is 23.5 Å². The number of benzene rings is 1. The summed E-state index contributed by atoms with van der Waals surface area (Å²) in [5.74, 6) is -1.30. The summed E-state index contributed by atoms with van der Waals surface area (Å²) in [6.07, 6.45) is 4.36. The van der Waals surface area contributed by atoms with Crippen molar-refractivity contribution in [1.29, 1.82) is 0 Å². The molecule has 0 aliphatic heterocycles. The molecule has 6 heteroatoms. The Kier molecular flexibility index (Phi) is 4.24. The zero-order chi connectivity index (χ0) is 17.3. The molecule has 0 aliphatic carbocycles. The van der Waals surface area contributed by atoms with Crippen LogP contribution in [0.4, 0.5) is 4.39 Å². The third-order valence-electron chi connectivity index (χ3n) is 3.67. The minimum atomic E-state index is -0.980. The van der Waals surface area contributed by atoms with Crippen LogP contribution < -0.4 is 0 Å². The molecule has 0 saturated carbocycles. The minimum absolute atomic E-state index is 0.402. The van der Waals surface area contributed by atoms with Crippen LogP contribution in [-0.4, -0.2) is 25.8 Å². The Hall–Kier alpha value is -2.47. The van der Waals surface area contributed by atoms with Crippen LogP contribution in [0.25, 0.3) is 22.0 Å². The summed E-state index contributed by atoms with van der Waals surface area (Å²) in [5.41, 5.74) is 1.88. The Balaban J connectivity index is 2.13. The molecule has 0 atom stereocenters. The van der Waals surface area contributed by atoms with Crippen molar-refractivity contribution in [3.63, 3.8) is 0 Å². The third kappa shape index (κ3) is 3.10. The Bertz CT molecular complexity index is 928. The van der Waals surface area contributed by atoms with Gasteiger partial charge in [-0.2, -0.15) is 0 Å². The lowest BCUT2D eigenvalue weighted by Crippen LogP contribution is -2.26. The quantitative estimate of drug-likeness (QED) is 0.712. The molecule has 0 aliphatic rings. The number of hydrogen-bond donors (Lipinski definition) is 1. The molecule has 1 aromatic carbocycles. The van der Waals surface area contributed by atoms with Gasteiger partial charge in [-0.3, -0.25) is 14.8 Å². The van der Waals surface area contributed by atoms with E-state index in [4.69, 9.17) is 0 Å². The molecule has 2 heterocycles. The number of carboxylic acids is 1. The number of pyridine rings is 2. The first-order valence-corrected chi connectivity index (χ1v) is 8.11. The Labute approximate surface area is 142 Å². The number of thioether (sulfide) groups is 1. The SMILES string of the molecule is CC(C)(Sc1ccnc2ccc(-c3ccncc3F)cc12)C(=O)O. The average Bonchev–Trinajstić information content (AvgIpc) is 2.55. The molecule has 0 amide bonds. The Morgan fingerprint density at radius 3 is 2.71 bits per heavy atom. The second kappa shape index (κ2) is 6.20. The first-order valence-electron chi connectivity index (χ1n) is 7.29. The van der Waals surface area contributed by atoms with Gasteiger partial charge in [-0.15, -0.1) is 11.8 Å². The molecule has 0 saturated heterocycles. The predicted molar refractivity (Wildman–Crippen MR) is 92.5 cm³/mol. The highest BCUT2D eigenvalue weighted by atomic mass is 32.2. The van der Waals surface area contributed by atoms with E-state index in [1.165, 1.54) is 24.2 Å². The van der Waals surface area contributed by atoms with Gasteiger partial charge in [-0.1, -0.05) is 6.07 Å². The number of aliphatic carboxylic acids is 1. The van der Waals surface area contributed by atoms with Gasteiger partial charge in [-0.05, 0) is 43.7 Å². The van der Waals surface area contributed by atoms with E-state index in [0.29, 0.717) is 11.1 Å². The highest BCUT2D eigenvalue weighted by Crippen LogP contribution is 2.38. The maximum atomic E-state index is 14.0. The molecule has 0 fully saturated rings. The molecule has 122 valence electrons. The highest BCUT2D eigenvalue weighted by molar-refractivity contribution is 8.01. The van der Waals surface area contributed by atoms with E-state index in [-0.39, 0.29) is 0 Å². The van der Waals surface area contributed by atoms with Gasteiger partial charge in [0, 0.05) is 28.2 Å². The van der Waals surface area contributed by atoms with Gasteiger partial charge in [0.2, 0.25) is 0 Å². The summed E-state index contributed by atoms with van der Waals surface area (Å²) < 4.78 is 13.0. The lowest BCUT2D eigenvalue weighted by Gasteiger charge is -2.19. The van der Waals surface area contributed by atoms with Gasteiger partial charge >= 0.3 is 5.97 Å². The normalized spacial score (nSPS) is 11.6. The zero-order valence-corrected chi connectivity index (χ0v) is 14.0. The molecular formula is C18H15FN2O2S. The van der Waals surface area contributed by atoms with Gasteiger partial charge in [0.25, 0.3) is 0 Å². The van der Waals surface area contributed by atoms with E-state index in [9.17, 15) is 14.3 Å². The van der Waals surface area contributed by atoms with Crippen molar-refractivity contribution >= 4 is 28.6 Å². The van der Waals surface area contributed by atoms with Gasteiger partial charge in [0.15, 0.2) is 0 Å². The van der Waals surface area contributed by atoms with Gasteiger partial charge < -0.3 is 5.11 Å². The molecule has 2 aromatic heterocycles. The largest absolute Gasteiger partial charge is 0.480 e. The van der Waals surface area contributed by atoms with Crippen LogP contribution in [-0.2, 0) is 4.79 Å². The van der Waals surface area contributed by atoms with Crippen LogP contribution in [0.1, 0.15) is 13.8 Å². The topological polar surface area (TPSA) is 63.1 Å². The van der Waals surface area contributed by atoms with Crippen LogP contribution in [0.5, 0.6) is 0 Å².